The molecular formula is C16H16O4S2. The molecule has 2 aromatic rings. The van der Waals surface area contributed by atoms with Crippen LogP contribution in [0.3, 0.4) is 0 Å². The fraction of sp³-hybridized carbons (Fsp3) is 0.250. The minimum Gasteiger partial charge on any atom is -0.264 e. The van der Waals surface area contributed by atoms with Gasteiger partial charge in [0, 0.05) is 4.90 Å². The third-order valence-electron chi connectivity index (χ3n) is 3.39. The van der Waals surface area contributed by atoms with Gasteiger partial charge in [-0.25, -0.2) is 4.21 Å². The second-order valence-electron chi connectivity index (χ2n) is 5.40. The highest BCUT2D eigenvalue weighted by molar-refractivity contribution is 7.89. The molecule has 0 amide bonds. The van der Waals surface area contributed by atoms with E-state index in [9.17, 15) is 12.6 Å². The summed E-state index contributed by atoms with van der Waals surface area (Å²) in [6.45, 7) is 3.30. The number of hydrogen-bond donors (Lipinski definition) is 0. The molecule has 1 aliphatic heterocycles. The summed E-state index contributed by atoms with van der Waals surface area (Å²) in [6, 6.07) is 12.3. The molecule has 1 atom stereocenters. The predicted octanol–water partition coefficient (Wildman–Crippen LogP) is 2.87. The summed E-state index contributed by atoms with van der Waals surface area (Å²) in [5, 5.41) is 0. The van der Waals surface area contributed by atoms with Gasteiger partial charge in [-0.1, -0.05) is 30.3 Å². The van der Waals surface area contributed by atoms with Crippen molar-refractivity contribution in [2.45, 2.75) is 41.1 Å². The Morgan fingerprint density at radius 2 is 1.73 bits per heavy atom. The summed E-state index contributed by atoms with van der Waals surface area (Å²) in [4.78, 5) is 1.02. The maximum atomic E-state index is 12.9. The van der Waals surface area contributed by atoms with E-state index in [1.807, 2.05) is 24.3 Å². The quantitative estimate of drug-likeness (QED) is 0.690. The third kappa shape index (κ3) is 2.62. The Balaban J connectivity index is 2.18. The van der Waals surface area contributed by atoms with Crippen molar-refractivity contribution < 1.29 is 16.8 Å². The molecule has 2 aromatic carbocycles. The van der Waals surface area contributed by atoms with Gasteiger partial charge in [-0.05, 0) is 43.5 Å². The molecule has 0 aromatic heterocycles. The Morgan fingerprint density at radius 3 is 2.45 bits per heavy atom. The van der Waals surface area contributed by atoms with Crippen LogP contribution >= 0.6 is 0 Å². The van der Waals surface area contributed by atoms with Gasteiger partial charge in [-0.3, -0.25) is 4.18 Å². The first-order chi connectivity index (χ1) is 10.4. The van der Waals surface area contributed by atoms with Gasteiger partial charge in [-0.2, -0.15) is 8.42 Å². The molecule has 0 spiro atoms. The van der Waals surface area contributed by atoms with Crippen LogP contribution in [0, 0.1) is 0 Å². The minimum absolute atomic E-state index is 0.00605. The summed E-state index contributed by atoms with van der Waals surface area (Å²) < 4.78 is 42.7. The molecule has 0 fully saturated rings. The van der Waals surface area contributed by atoms with Crippen LogP contribution in [0.5, 0.6) is 0 Å². The van der Waals surface area contributed by atoms with Crippen LogP contribution in [0.1, 0.15) is 25.0 Å². The summed E-state index contributed by atoms with van der Waals surface area (Å²) in [5.41, 5.74) is 1.73. The minimum atomic E-state index is -3.93. The Labute approximate surface area is 132 Å². The van der Waals surface area contributed by atoms with E-state index < -0.39 is 27.0 Å². The molecule has 0 saturated heterocycles. The van der Waals surface area contributed by atoms with E-state index in [1.54, 1.807) is 26.0 Å². The topological polar surface area (TPSA) is 60.4 Å². The Kier molecular flexibility index (Phi) is 3.92. The number of hydrogen-bond acceptors (Lipinski definition) is 4. The van der Waals surface area contributed by atoms with Crippen LogP contribution in [0.4, 0.5) is 0 Å². The molecule has 116 valence electrons. The molecule has 0 aliphatic carbocycles. The van der Waals surface area contributed by atoms with Gasteiger partial charge in [0.1, 0.15) is 4.90 Å². The highest BCUT2D eigenvalue weighted by Crippen LogP contribution is 2.36. The van der Waals surface area contributed by atoms with Crippen molar-refractivity contribution in [3.63, 3.8) is 0 Å². The van der Waals surface area contributed by atoms with Crippen molar-refractivity contribution in [1.29, 1.82) is 0 Å². The van der Waals surface area contributed by atoms with E-state index in [0.717, 1.165) is 11.1 Å². The molecule has 0 N–H and O–H groups in total. The monoisotopic (exact) mass is 336 g/mol. The molecule has 1 unspecified atom stereocenters. The zero-order valence-corrected chi connectivity index (χ0v) is 13.9. The van der Waals surface area contributed by atoms with Gasteiger partial charge in [-0.15, -0.1) is 0 Å². The molecule has 6 heteroatoms. The lowest BCUT2D eigenvalue weighted by molar-refractivity contribution is 0.248. The Morgan fingerprint density at radius 1 is 1.05 bits per heavy atom. The molecule has 1 aliphatic rings. The van der Waals surface area contributed by atoms with Gasteiger partial charge in [0.05, 0.1) is 21.8 Å². The molecule has 3 rings (SSSR count). The summed E-state index contributed by atoms with van der Waals surface area (Å²) in [7, 11) is -5.45. The summed E-state index contributed by atoms with van der Waals surface area (Å²) >= 11 is 0. The van der Waals surface area contributed by atoms with Gasteiger partial charge in [0.2, 0.25) is 0 Å². The van der Waals surface area contributed by atoms with Gasteiger partial charge in [0.25, 0.3) is 10.1 Å². The van der Waals surface area contributed by atoms with E-state index in [2.05, 4.69) is 0 Å². The Bertz CT molecular complexity index is 854. The molecule has 1 heterocycles. The largest absolute Gasteiger partial charge is 0.298 e. The molecule has 4 nitrogen and oxygen atoms in total. The number of rotatable bonds is 3. The van der Waals surface area contributed by atoms with Crippen molar-refractivity contribution >= 4 is 20.9 Å². The second kappa shape index (κ2) is 5.61. The van der Waals surface area contributed by atoms with Crippen LogP contribution in [0.2, 0.25) is 0 Å². The predicted molar refractivity (Wildman–Crippen MR) is 83.8 cm³/mol. The fourth-order valence-electron chi connectivity index (χ4n) is 2.56. The van der Waals surface area contributed by atoms with Crippen LogP contribution in [-0.2, 0) is 31.5 Å². The smallest absolute Gasteiger partial charge is 0.264 e. The van der Waals surface area contributed by atoms with E-state index in [1.165, 1.54) is 6.07 Å². The van der Waals surface area contributed by atoms with Crippen LogP contribution < -0.4 is 0 Å². The normalized spacial score (nSPS) is 17.1. The van der Waals surface area contributed by atoms with Crippen molar-refractivity contribution in [2.24, 2.45) is 0 Å². The number of benzene rings is 2. The van der Waals surface area contributed by atoms with Gasteiger partial charge < -0.3 is 0 Å². The molecule has 0 radical (unpaired) electrons. The standard InChI is InChI=1S/C16H16O4S2/c1-11(2)20-22(18,19)15-9-5-7-13-10-12-6-3-4-8-14(12)21(17)16(13)15/h3-9,11H,10H2,1-2H3. The van der Waals surface area contributed by atoms with E-state index in [-0.39, 0.29) is 4.90 Å². The van der Waals surface area contributed by atoms with Crippen LogP contribution in [-0.4, -0.2) is 18.7 Å². The van der Waals surface area contributed by atoms with Crippen LogP contribution in [0.15, 0.2) is 57.2 Å². The maximum absolute atomic E-state index is 12.9. The van der Waals surface area contributed by atoms with Crippen molar-refractivity contribution in [3.05, 3.63) is 53.6 Å². The average Bonchev–Trinajstić information content (AvgIpc) is 2.45. The summed E-state index contributed by atoms with van der Waals surface area (Å²) in [5.74, 6) is 0. The maximum Gasteiger partial charge on any atom is 0.298 e. The van der Waals surface area contributed by atoms with Gasteiger partial charge >= 0.3 is 0 Å². The van der Waals surface area contributed by atoms with Gasteiger partial charge in [0.15, 0.2) is 0 Å². The lowest BCUT2D eigenvalue weighted by Crippen LogP contribution is -2.18. The highest BCUT2D eigenvalue weighted by atomic mass is 32.2. The SMILES string of the molecule is CC(C)OS(=O)(=O)c1cccc2c1S(=O)c1ccccc1C2. The van der Waals surface area contributed by atoms with E-state index in [4.69, 9.17) is 4.18 Å². The zero-order chi connectivity index (χ0) is 15.9. The molecule has 0 bridgehead atoms. The lowest BCUT2D eigenvalue weighted by Gasteiger charge is -2.21. The first-order valence-corrected chi connectivity index (χ1v) is 9.51. The summed E-state index contributed by atoms with van der Waals surface area (Å²) in [6.07, 6.45) is 0.104. The first kappa shape index (κ1) is 15.4. The molecule has 0 saturated carbocycles. The number of fused-ring (bicyclic) bond motifs is 2. The van der Waals surface area contributed by atoms with Crippen LogP contribution in [0.25, 0.3) is 0 Å². The highest BCUT2D eigenvalue weighted by Gasteiger charge is 2.30. The van der Waals surface area contributed by atoms with Crippen molar-refractivity contribution in [2.75, 3.05) is 0 Å². The van der Waals surface area contributed by atoms with Crippen molar-refractivity contribution in [1.82, 2.24) is 0 Å². The molecule has 22 heavy (non-hydrogen) atoms. The van der Waals surface area contributed by atoms with Crippen molar-refractivity contribution in [3.8, 4) is 0 Å². The fourth-order valence-corrected chi connectivity index (χ4v) is 5.74. The average molecular weight is 336 g/mol. The first-order valence-electron chi connectivity index (χ1n) is 6.95. The third-order valence-corrected chi connectivity index (χ3v) is 6.68. The zero-order valence-electron chi connectivity index (χ0n) is 12.3. The molecular weight excluding hydrogens is 320 g/mol. The Hall–Kier alpha value is -1.50. The van der Waals surface area contributed by atoms with E-state index in [0.29, 0.717) is 16.2 Å². The second-order valence-corrected chi connectivity index (χ2v) is 8.32. The van der Waals surface area contributed by atoms with E-state index >= 15 is 0 Å². The lowest BCUT2D eigenvalue weighted by atomic mass is 10.0.